The summed E-state index contributed by atoms with van der Waals surface area (Å²) >= 11 is 0. The molecule has 2 aromatic heterocycles. The molecule has 3 aromatic rings. The Morgan fingerprint density at radius 2 is 1.09 bits per heavy atom. The summed E-state index contributed by atoms with van der Waals surface area (Å²) in [4.78, 5) is 16.2. The average molecular weight is 604 g/mol. The highest BCUT2D eigenvalue weighted by Gasteiger charge is 2.44. The Morgan fingerprint density at radius 1 is 0.630 bits per heavy atom. The number of pyridine rings is 2. The van der Waals surface area contributed by atoms with Gasteiger partial charge in [-0.1, -0.05) is 0 Å². The van der Waals surface area contributed by atoms with Crippen molar-refractivity contribution in [3.8, 4) is 30.3 Å². The molecule has 1 aromatic carbocycles. The first-order chi connectivity index (χ1) is 22.2. The number of hydrogen-bond acceptors (Lipinski definition) is 7. The lowest BCUT2D eigenvalue weighted by Crippen LogP contribution is -2.05. The van der Waals surface area contributed by atoms with E-state index in [1.54, 1.807) is 18.2 Å². The summed E-state index contributed by atoms with van der Waals surface area (Å²) in [6.45, 7) is 23.0. The van der Waals surface area contributed by atoms with E-state index in [-0.39, 0.29) is 5.56 Å². The van der Waals surface area contributed by atoms with Gasteiger partial charge >= 0.3 is 0 Å². The highest BCUT2D eigenvalue weighted by Crippen LogP contribution is 2.58. The summed E-state index contributed by atoms with van der Waals surface area (Å²) in [7, 11) is 0. The lowest BCUT2D eigenvalue weighted by molar-refractivity contribution is 0.582. The zero-order valence-electron chi connectivity index (χ0n) is 22.3. The molecule has 2 aliphatic carbocycles. The molecule has 0 aliphatic heterocycles. The summed E-state index contributed by atoms with van der Waals surface area (Å²) < 4.78 is 62.8. The van der Waals surface area contributed by atoms with Crippen molar-refractivity contribution in [3.05, 3.63) is 138 Å². The fourth-order valence-electron chi connectivity index (χ4n) is 5.31. The largest absolute Gasteiger partial charge is 0.270 e. The summed E-state index contributed by atoms with van der Waals surface area (Å²) in [5, 5.41) is 49.3. The van der Waals surface area contributed by atoms with Gasteiger partial charge in [0, 0.05) is 63.5 Å². The Balaban J connectivity index is 2.09. The Labute approximate surface area is 255 Å². The first kappa shape index (κ1) is 29.6. The number of benzene rings is 1. The highest BCUT2D eigenvalue weighted by atomic mass is 19.1. The van der Waals surface area contributed by atoms with Gasteiger partial charge in [-0.2, -0.15) is 24.6 Å². The standard InChI is InChI=1S/C32H4F4N10/c1-42-18(9-40)25-22(15-4-20(33)45-11-13(15)6-37)17(8-39)23-27(25)31(36)29-28(30(23)35)26(19(10-41)43-2)24(32(29)44-3)16-5-21(34)46-12-14(16)7-38/h4-5,11-12H/b25-18-,26-19+. The van der Waals surface area contributed by atoms with Crippen LogP contribution in [-0.4, -0.2) is 9.97 Å². The number of nitriles is 5. The van der Waals surface area contributed by atoms with Crippen molar-refractivity contribution in [1.29, 1.82) is 26.3 Å². The molecule has 0 amide bonds. The number of hydrogen-bond donors (Lipinski definition) is 0. The highest BCUT2D eigenvalue weighted by molar-refractivity contribution is 6.29. The predicted octanol–water partition coefficient (Wildman–Crippen LogP) is 6.33. The van der Waals surface area contributed by atoms with Crippen LogP contribution >= 0.6 is 0 Å². The van der Waals surface area contributed by atoms with Gasteiger partial charge in [0.2, 0.25) is 17.6 Å². The molecule has 46 heavy (non-hydrogen) atoms. The van der Waals surface area contributed by atoms with Crippen molar-refractivity contribution in [2.45, 2.75) is 0 Å². The molecule has 10 nitrogen and oxygen atoms in total. The van der Waals surface area contributed by atoms with E-state index in [0.29, 0.717) is 12.1 Å². The van der Waals surface area contributed by atoms with Crippen molar-refractivity contribution < 1.29 is 17.6 Å². The third-order valence-electron chi connectivity index (χ3n) is 7.00. The molecular formula is C32H4F4N10. The van der Waals surface area contributed by atoms with Crippen molar-refractivity contribution in [1.82, 2.24) is 9.97 Å². The van der Waals surface area contributed by atoms with Crippen LogP contribution in [0, 0.1) is 99.9 Å². The Bertz CT molecular complexity index is 2290. The molecule has 0 saturated carbocycles. The van der Waals surface area contributed by atoms with Gasteiger partial charge < -0.3 is 0 Å². The third-order valence-corrected chi connectivity index (χ3v) is 7.00. The van der Waals surface area contributed by atoms with Crippen LogP contribution in [0.4, 0.5) is 17.6 Å². The van der Waals surface area contributed by atoms with Crippen LogP contribution < -0.4 is 0 Å². The van der Waals surface area contributed by atoms with E-state index in [4.69, 9.17) is 19.7 Å². The molecule has 0 unspecified atom stereocenters. The average Bonchev–Trinajstić information content (AvgIpc) is 3.59. The fraction of sp³-hybridized carbons (Fsp3) is 0. The second-order valence-corrected chi connectivity index (χ2v) is 9.05. The molecule has 0 radical (unpaired) electrons. The Hall–Kier alpha value is -7.88. The molecule has 2 aliphatic rings. The zero-order chi connectivity index (χ0) is 33.4. The molecule has 14 heteroatoms. The lowest BCUT2D eigenvalue weighted by Gasteiger charge is -2.15. The van der Waals surface area contributed by atoms with Crippen LogP contribution in [-0.2, 0) is 0 Å². The van der Waals surface area contributed by atoms with Crippen LogP contribution in [0.25, 0.3) is 48.1 Å². The minimum atomic E-state index is -1.50. The molecule has 2 heterocycles. The summed E-state index contributed by atoms with van der Waals surface area (Å²) in [5.41, 5.74) is -11.0. The Kier molecular flexibility index (Phi) is 7.13. The molecular weight excluding hydrogens is 600 g/mol. The molecule has 0 fully saturated rings. The first-order valence-corrected chi connectivity index (χ1v) is 12.2. The Morgan fingerprint density at radius 3 is 1.52 bits per heavy atom. The maximum absolute atomic E-state index is 17.0. The van der Waals surface area contributed by atoms with Gasteiger partial charge in [-0.3, -0.25) is 0 Å². The molecule has 0 bridgehead atoms. The minimum Gasteiger partial charge on any atom is -0.237 e. The first-order valence-electron chi connectivity index (χ1n) is 12.2. The van der Waals surface area contributed by atoms with E-state index in [9.17, 15) is 35.1 Å². The van der Waals surface area contributed by atoms with Gasteiger partial charge in [0.15, 0.2) is 0 Å². The zero-order valence-corrected chi connectivity index (χ0v) is 22.3. The maximum atomic E-state index is 17.0. The third kappa shape index (κ3) is 3.96. The van der Waals surface area contributed by atoms with Crippen molar-refractivity contribution in [3.63, 3.8) is 0 Å². The molecule has 0 spiro atoms. The van der Waals surface area contributed by atoms with Gasteiger partial charge in [0.05, 0.1) is 48.6 Å². The monoisotopic (exact) mass is 604 g/mol. The van der Waals surface area contributed by atoms with E-state index >= 15 is 8.78 Å². The van der Waals surface area contributed by atoms with Crippen molar-refractivity contribution >= 4 is 33.6 Å². The summed E-state index contributed by atoms with van der Waals surface area (Å²) in [5.74, 6) is -5.35. The van der Waals surface area contributed by atoms with Gasteiger partial charge in [-0.05, 0) is 16.7 Å². The lowest BCUT2D eigenvalue weighted by atomic mass is 9.90. The summed E-state index contributed by atoms with van der Waals surface area (Å²) in [6, 6.07) is 9.46. The normalized spacial score (nSPS) is 14.7. The maximum Gasteiger partial charge on any atom is 0.270 e. The number of halogens is 4. The second kappa shape index (κ2) is 11.1. The van der Waals surface area contributed by atoms with E-state index in [1.165, 1.54) is 12.1 Å². The number of rotatable bonds is 2. The smallest absolute Gasteiger partial charge is 0.237 e. The van der Waals surface area contributed by atoms with Crippen LogP contribution in [0.3, 0.4) is 0 Å². The molecule has 0 saturated heterocycles. The van der Waals surface area contributed by atoms with E-state index in [2.05, 4.69) is 24.5 Å². The molecule has 210 valence electrons. The van der Waals surface area contributed by atoms with Crippen LogP contribution in [0.5, 0.6) is 0 Å². The van der Waals surface area contributed by atoms with E-state index < -0.39 is 107 Å². The quantitative estimate of drug-likeness (QED) is 0.143. The van der Waals surface area contributed by atoms with Gasteiger partial charge in [-0.15, -0.1) is 0 Å². The number of fused-ring (bicyclic) bond motifs is 2. The topological polar surface area (TPSA) is 158 Å². The molecule has 0 atom stereocenters. The minimum absolute atomic E-state index is 0.387. The second-order valence-electron chi connectivity index (χ2n) is 9.05. The number of allylic oxidation sites excluding steroid dienone is 7. The van der Waals surface area contributed by atoms with Crippen LogP contribution in [0.1, 0.15) is 44.5 Å². The van der Waals surface area contributed by atoms with Crippen LogP contribution in [0.2, 0.25) is 0 Å². The molecule has 5 rings (SSSR count). The predicted molar refractivity (Wildman–Crippen MR) is 148 cm³/mol. The van der Waals surface area contributed by atoms with Crippen LogP contribution in [0.15, 0.2) is 35.9 Å². The number of aromatic nitrogens is 2. The van der Waals surface area contributed by atoms with Crippen molar-refractivity contribution in [2.24, 2.45) is 0 Å². The summed E-state index contributed by atoms with van der Waals surface area (Å²) in [6.07, 6.45) is 1.54. The molecule has 0 N–H and O–H groups in total. The fourth-order valence-corrected chi connectivity index (χ4v) is 5.31. The van der Waals surface area contributed by atoms with E-state index in [1.807, 2.05) is 0 Å². The van der Waals surface area contributed by atoms with Gasteiger partial charge in [0.1, 0.15) is 29.8 Å². The van der Waals surface area contributed by atoms with Gasteiger partial charge in [0.25, 0.3) is 11.4 Å². The van der Waals surface area contributed by atoms with Gasteiger partial charge in [-0.25, -0.2) is 43.8 Å². The van der Waals surface area contributed by atoms with Crippen molar-refractivity contribution in [2.75, 3.05) is 0 Å². The van der Waals surface area contributed by atoms with E-state index in [0.717, 1.165) is 12.4 Å². The SMILES string of the molecule is [C-]#[N+]C1=C(c2cc(F)ncc2C#N)/C(=C(/C#N)[N+]#[C-])c2c(F)c3c(c(F)c21)/C(=C(/C#N)[N+]#[C-])C(c1cc(F)ncc1C#N)=C3C#N. The number of nitrogens with zero attached hydrogens (tertiary/aromatic N) is 10.